The van der Waals surface area contributed by atoms with Gasteiger partial charge in [-0.05, 0) is 31.5 Å². The van der Waals surface area contributed by atoms with E-state index >= 15 is 0 Å². The van der Waals surface area contributed by atoms with Crippen LogP contribution in [0.5, 0.6) is 17.2 Å². The average Bonchev–Trinajstić information content (AvgIpc) is 2.71. The summed E-state index contributed by atoms with van der Waals surface area (Å²) < 4.78 is 21.6. The van der Waals surface area contributed by atoms with Crippen molar-refractivity contribution in [2.45, 2.75) is 20.5 Å². The third-order valence-electron chi connectivity index (χ3n) is 3.95. The molecule has 0 spiro atoms. The molecule has 0 saturated heterocycles. The summed E-state index contributed by atoms with van der Waals surface area (Å²) in [5, 5.41) is 0. The maximum absolute atomic E-state index is 12.9. The molecular formula is C22H24O6. The largest absolute Gasteiger partial charge is 0.493 e. The molecule has 2 rings (SSSR count). The highest BCUT2D eigenvalue weighted by molar-refractivity contribution is 6.13. The van der Waals surface area contributed by atoms with E-state index in [-0.39, 0.29) is 35.9 Å². The lowest BCUT2D eigenvalue weighted by molar-refractivity contribution is -0.137. The quantitative estimate of drug-likeness (QED) is 0.370. The molecule has 0 amide bonds. The third kappa shape index (κ3) is 5.13. The van der Waals surface area contributed by atoms with Crippen LogP contribution in [0, 0.1) is 0 Å². The summed E-state index contributed by atoms with van der Waals surface area (Å²) in [6.07, 6.45) is 1.17. The van der Waals surface area contributed by atoms with E-state index in [1.54, 1.807) is 26.0 Å². The molecular weight excluding hydrogens is 360 g/mol. The van der Waals surface area contributed by atoms with Crippen molar-refractivity contribution >= 4 is 11.8 Å². The number of hydrogen-bond acceptors (Lipinski definition) is 6. The van der Waals surface area contributed by atoms with Crippen LogP contribution in [0.4, 0.5) is 0 Å². The molecule has 0 N–H and O–H groups in total. The summed E-state index contributed by atoms with van der Waals surface area (Å²) in [7, 11) is 2.98. The van der Waals surface area contributed by atoms with Crippen LogP contribution in [0.1, 0.15) is 29.8 Å². The molecule has 0 unspecified atom stereocenters. The van der Waals surface area contributed by atoms with Crippen LogP contribution in [0.2, 0.25) is 0 Å². The van der Waals surface area contributed by atoms with E-state index in [2.05, 4.69) is 0 Å². The number of allylic oxidation sites excluding steroid dienone is 1. The lowest BCUT2D eigenvalue weighted by Gasteiger charge is -2.17. The number of hydrogen-bond donors (Lipinski definition) is 0. The van der Waals surface area contributed by atoms with Crippen LogP contribution in [-0.2, 0) is 16.1 Å². The fourth-order valence-corrected chi connectivity index (χ4v) is 2.59. The van der Waals surface area contributed by atoms with Gasteiger partial charge in [0.15, 0.2) is 17.3 Å². The van der Waals surface area contributed by atoms with Gasteiger partial charge in [-0.1, -0.05) is 30.3 Å². The Kier molecular flexibility index (Phi) is 7.63. The average molecular weight is 384 g/mol. The number of Topliss-reactive ketones (excluding diaryl/α,β-unsaturated/α-hetero) is 1. The number of esters is 1. The van der Waals surface area contributed by atoms with Crippen LogP contribution in [0.15, 0.2) is 54.1 Å². The van der Waals surface area contributed by atoms with E-state index in [1.807, 2.05) is 30.3 Å². The van der Waals surface area contributed by atoms with Gasteiger partial charge >= 0.3 is 5.97 Å². The number of carbonyl (C=O) groups is 2. The highest BCUT2D eigenvalue weighted by Crippen LogP contribution is 2.41. The van der Waals surface area contributed by atoms with E-state index in [1.165, 1.54) is 20.3 Å². The molecule has 0 atom stereocenters. The van der Waals surface area contributed by atoms with Crippen LogP contribution >= 0.6 is 0 Å². The zero-order valence-electron chi connectivity index (χ0n) is 16.5. The van der Waals surface area contributed by atoms with Crippen LogP contribution in [0.25, 0.3) is 0 Å². The number of ketones is 1. The van der Waals surface area contributed by atoms with Gasteiger partial charge in [0.25, 0.3) is 0 Å². The van der Waals surface area contributed by atoms with Crippen LogP contribution in [-0.4, -0.2) is 32.6 Å². The first-order valence-electron chi connectivity index (χ1n) is 8.83. The van der Waals surface area contributed by atoms with Crippen molar-refractivity contribution in [3.05, 3.63) is 65.2 Å². The summed E-state index contributed by atoms with van der Waals surface area (Å²) in [5.41, 5.74) is 1.44. The zero-order valence-corrected chi connectivity index (χ0v) is 16.5. The highest BCUT2D eigenvalue weighted by Gasteiger charge is 2.23. The standard InChI is InChI=1S/C22H24O6/c1-5-27-19(23)13-15(2)20(24)17-11-12-18(25-3)22(26-4)21(17)28-14-16-9-7-6-8-10-16/h6-13H,5,14H2,1-4H3. The van der Waals surface area contributed by atoms with Gasteiger partial charge in [-0.25, -0.2) is 4.79 Å². The molecule has 6 nitrogen and oxygen atoms in total. The smallest absolute Gasteiger partial charge is 0.331 e. The molecule has 148 valence electrons. The fraction of sp³-hybridized carbons (Fsp3) is 0.273. The van der Waals surface area contributed by atoms with Gasteiger partial charge in [-0.3, -0.25) is 4.79 Å². The molecule has 0 heterocycles. The summed E-state index contributed by atoms with van der Waals surface area (Å²) in [6.45, 7) is 3.73. The Labute approximate surface area is 164 Å². The summed E-state index contributed by atoms with van der Waals surface area (Å²) in [5.74, 6) is 0.0762. The summed E-state index contributed by atoms with van der Waals surface area (Å²) in [6, 6.07) is 12.8. The Bertz CT molecular complexity index is 855. The Balaban J connectivity index is 2.42. The van der Waals surface area contributed by atoms with Crippen molar-refractivity contribution in [2.24, 2.45) is 0 Å². The van der Waals surface area contributed by atoms with Crippen molar-refractivity contribution in [2.75, 3.05) is 20.8 Å². The molecule has 6 heteroatoms. The summed E-state index contributed by atoms with van der Waals surface area (Å²) >= 11 is 0. The molecule has 2 aromatic carbocycles. The van der Waals surface area contributed by atoms with Crippen molar-refractivity contribution in [3.8, 4) is 17.2 Å². The van der Waals surface area contributed by atoms with Gasteiger partial charge in [0, 0.05) is 11.6 Å². The monoisotopic (exact) mass is 384 g/mol. The molecule has 0 radical (unpaired) electrons. The molecule has 0 aliphatic rings. The minimum absolute atomic E-state index is 0.232. The van der Waals surface area contributed by atoms with E-state index in [4.69, 9.17) is 18.9 Å². The van der Waals surface area contributed by atoms with Gasteiger partial charge in [0.2, 0.25) is 5.75 Å². The Morgan fingerprint density at radius 2 is 1.68 bits per heavy atom. The predicted molar refractivity (Wildman–Crippen MR) is 105 cm³/mol. The normalized spacial score (nSPS) is 10.9. The number of carbonyl (C=O) groups excluding carboxylic acids is 2. The Morgan fingerprint density at radius 3 is 2.29 bits per heavy atom. The molecule has 2 aromatic rings. The minimum atomic E-state index is -0.569. The second kappa shape index (κ2) is 10.2. The first-order valence-corrected chi connectivity index (χ1v) is 8.83. The van der Waals surface area contributed by atoms with Gasteiger partial charge in [-0.15, -0.1) is 0 Å². The van der Waals surface area contributed by atoms with Crippen molar-refractivity contribution in [1.29, 1.82) is 0 Å². The Morgan fingerprint density at radius 1 is 0.964 bits per heavy atom. The molecule has 0 aromatic heterocycles. The lowest BCUT2D eigenvalue weighted by Crippen LogP contribution is -2.10. The second-order valence-corrected chi connectivity index (χ2v) is 5.86. The third-order valence-corrected chi connectivity index (χ3v) is 3.95. The first-order chi connectivity index (χ1) is 13.5. The SMILES string of the molecule is CCOC(=O)C=C(C)C(=O)c1ccc(OC)c(OC)c1OCc1ccccc1. The van der Waals surface area contributed by atoms with Crippen molar-refractivity contribution in [1.82, 2.24) is 0 Å². The van der Waals surface area contributed by atoms with Crippen LogP contribution < -0.4 is 14.2 Å². The number of ether oxygens (including phenoxy) is 4. The number of benzene rings is 2. The van der Waals surface area contributed by atoms with E-state index in [0.29, 0.717) is 11.5 Å². The maximum atomic E-state index is 12.9. The van der Waals surface area contributed by atoms with E-state index in [0.717, 1.165) is 5.56 Å². The van der Waals surface area contributed by atoms with Gasteiger partial charge < -0.3 is 18.9 Å². The Hall–Kier alpha value is -3.28. The number of rotatable bonds is 9. The molecule has 0 saturated carbocycles. The molecule has 0 fully saturated rings. The highest BCUT2D eigenvalue weighted by atomic mass is 16.5. The van der Waals surface area contributed by atoms with E-state index in [9.17, 15) is 9.59 Å². The topological polar surface area (TPSA) is 71.1 Å². The fourth-order valence-electron chi connectivity index (χ4n) is 2.59. The predicted octanol–water partition coefficient (Wildman–Crippen LogP) is 3.97. The van der Waals surface area contributed by atoms with Gasteiger partial charge in [0.05, 0.1) is 26.4 Å². The van der Waals surface area contributed by atoms with Crippen molar-refractivity contribution in [3.63, 3.8) is 0 Å². The molecule has 0 bridgehead atoms. The van der Waals surface area contributed by atoms with Gasteiger partial charge in [-0.2, -0.15) is 0 Å². The second-order valence-electron chi connectivity index (χ2n) is 5.86. The molecule has 0 aliphatic heterocycles. The van der Waals surface area contributed by atoms with Crippen molar-refractivity contribution < 1.29 is 28.5 Å². The van der Waals surface area contributed by atoms with E-state index < -0.39 is 5.97 Å². The minimum Gasteiger partial charge on any atom is -0.493 e. The lowest BCUT2D eigenvalue weighted by atomic mass is 10.0. The maximum Gasteiger partial charge on any atom is 0.331 e. The molecule has 0 aliphatic carbocycles. The zero-order chi connectivity index (χ0) is 20.5. The van der Waals surface area contributed by atoms with Crippen LogP contribution in [0.3, 0.4) is 0 Å². The van der Waals surface area contributed by atoms with Gasteiger partial charge in [0.1, 0.15) is 6.61 Å². The number of methoxy groups -OCH3 is 2. The summed E-state index contributed by atoms with van der Waals surface area (Å²) in [4.78, 5) is 24.6. The molecule has 28 heavy (non-hydrogen) atoms. The first kappa shape index (κ1) is 21.0.